The third kappa shape index (κ3) is 3.88. The topological polar surface area (TPSA) is 78.1 Å². The number of hydrogen-bond donors (Lipinski definition) is 2. The van der Waals surface area contributed by atoms with Gasteiger partial charge in [0.25, 0.3) is 5.91 Å². The summed E-state index contributed by atoms with van der Waals surface area (Å²) in [5.74, 6) is 2.22. The molecule has 0 saturated heterocycles. The Morgan fingerprint density at radius 1 is 1.09 bits per heavy atom. The maximum atomic E-state index is 12.9. The zero-order valence-electron chi connectivity index (χ0n) is 18.9. The molecule has 0 bridgehead atoms. The summed E-state index contributed by atoms with van der Waals surface area (Å²) in [6, 6.07) is 9.87. The number of methoxy groups -OCH3 is 4. The number of rotatable bonds is 8. The van der Waals surface area contributed by atoms with Crippen LogP contribution in [0.2, 0.25) is 0 Å². The Labute approximate surface area is 188 Å². The average molecular weight is 439 g/mol. The quantitative estimate of drug-likeness (QED) is 0.481. The summed E-state index contributed by atoms with van der Waals surface area (Å²) in [6.45, 7) is 0.928. The zero-order valence-corrected chi connectivity index (χ0v) is 18.9. The molecule has 0 aromatic heterocycles. The van der Waals surface area contributed by atoms with Crippen molar-refractivity contribution in [2.24, 2.45) is 5.92 Å². The lowest BCUT2D eigenvalue weighted by atomic mass is 9.76. The number of ether oxygens (including phenoxy) is 4. The lowest BCUT2D eigenvalue weighted by Gasteiger charge is -2.38. The highest BCUT2D eigenvalue weighted by molar-refractivity contribution is 6.00. The van der Waals surface area contributed by atoms with Gasteiger partial charge in [-0.15, -0.1) is 0 Å². The number of allylic oxidation sites excluding steroid dienone is 2. The fourth-order valence-corrected chi connectivity index (χ4v) is 4.78. The molecule has 2 aromatic carbocycles. The van der Waals surface area contributed by atoms with Crippen molar-refractivity contribution >= 4 is 11.6 Å². The van der Waals surface area contributed by atoms with E-state index >= 15 is 0 Å². The predicted molar refractivity (Wildman–Crippen MR) is 123 cm³/mol. The molecule has 0 fully saturated rings. The number of anilines is 1. The highest BCUT2D eigenvalue weighted by Crippen LogP contribution is 2.52. The standard InChI is InChI=1S/C25H30N2O5/c1-29-12-11-26-25(28)19-10-6-9-18-16-7-5-8-17(16)22(27-23(18)19)15-13-20(30-2)24(32-4)21(14-15)31-3/h5-7,9-10,13-14,16-17,22,27H,8,11-12H2,1-4H3,(H,26,28). The van der Waals surface area contributed by atoms with Crippen LogP contribution >= 0.6 is 0 Å². The number of carbonyl (C=O) groups excluding carboxylic acids is 1. The number of para-hydroxylation sites is 1. The molecule has 1 aliphatic carbocycles. The minimum Gasteiger partial charge on any atom is -0.493 e. The summed E-state index contributed by atoms with van der Waals surface area (Å²) in [7, 11) is 6.45. The van der Waals surface area contributed by atoms with Crippen LogP contribution in [0.1, 0.15) is 39.9 Å². The van der Waals surface area contributed by atoms with Crippen molar-refractivity contribution in [3.8, 4) is 17.2 Å². The van der Waals surface area contributed by atoms with Crippen LogP contribution in [0.4, 0.5) is 5.69 Å². The van der Waals surface area contributed by atoms with Crippen LogP contribution in [-0.2, 0) is 4.74 Å². The summed E-state index contributed by atoms with van der Waals surface area (Å²) in [5, 5.41) is 6.62. The van der Waals surface area contributed by atoms with E-state index in [0.29, 0.717) is 41.9 Å². The molecule has 0 saturated carbocycles. The number of carbonyl (C=O) groups is 1. The Hall–Kier alpha value is -3.19. The summed E-state index contributed by atoms with van der Waals surface area (Å²) in [4.78, 5) is 12.9. The van der Waals surface area contributed by atoms with Crippen molar-refractivity contribution in [3.63, 3.8) is 0 Å². The number of hydrogen-bond acceptors (Lipinski definition) is 6. The maximum Gasteiger partial charge on any atom is 0.253 e. The third-order valence-electron chi connectivity index (χ3n) is 6.28. The van der Waals surface area contributed by atoms with Crippen LogP contribution in [0, 0.1) is 5.92 Å². The van der Waals surface area contributed by atoms with Gasteiger partial charge in [0.2, 0.25) is 5.75 Å². The second-order valence-electron chi connectivity index (χ2n) is 7.95. The van der Waals surface area contributed by atoms with Crippen LogP contribution in [-0.4, -0.2) is 47.5 Å². The monoisotopic (exact) mass is 438 g/mol. The zero-order chi connectivity index (χ0) is 22.7. The van der Waals surface area contributed by atoms with Crippen molar-refractivity contribution in [3.05, 3.63) is 59.2 Å². The van der Waals surface area contributed by atoms with E-state index in [1.807, 2.05) is 24.3 Å². The smallest absolute Gasteiger partial charge is 0.253 e. The normalized spacial score (nSPS) is 20.7. The first kappa shape index (κ1) is 22.0. The molecule has 3 unspecified atom stereocenters. The molecule has 3 atom stereocenters. The summed E-state index contributed by atoms with van der Waals surface area (Å²) in [5.41, 5.74) is 3.68. The van der Waals surface area contributed by atoms with Gasteiger partial charge in [-0.2, -0.15) is 0 Å². The maximum absolute atomic E-state index is 12.9. The van der Waals surface area contributed by atoms with E-state index in [9.17, 15) is 4.79 Å². The van der Waals surface area contributed by atoms with Crippen LogP contribution in [0.5, 0.6) is 17.2 Å². The predicted octanol–water partition coefficient (Wildman–Crippen LogP) is 3.92. The molecular weight excluding hydrogens is 408 g/mol. The Balaban J connectivity index is 1.75. The molecule has 1 amide bonds. The summed E-state index contributed by atoms with van der Waals surface area (Å²) < 4.78 is 21.7. The van der Waals surface area contributed by atoms with Crippen LogP contribution in [0.25, 0.3) is 0 Å². The first-order valence-electron chi connectivity index (χ1n) is 10.8. The van der Waals surface area contributed by atoms with E-state index in [2.05, 4.69) is 28.9 Å². The fraction of sp³-hybridized carbons (Fsp3) is 0.400. The molecule has 0 radical (unpaired) electrons. The van der Waals surface area contributed by atoms with Crippen molar-refractivity contribution < 1.29 is 23.7 Å². The molecular formula is C25H30N2O5. The van der Waals surface area contributed by atoms with Gasteiger partial charge in [-0.25, -0.2) is 0 Å². The van der Waals surface area contributed by atoms with Crippen molar-refractivity contribution in [1.82, 2.24) is 5.32 Å². The Morgan fingerprint density at radius 3 is 2.50 bits per heavy atom. The average Bonchev–Trinajstić information content (AvgIpc) is 3.32. The van der Waals surface area contributed by atoms with Gasteiger partial charge >= 0.3 is 0 Å². The summed E-state index contributed by atoms with van der Waals surface area (Å²) >= 11 is 0. The third-order valence-corrected chi connectivity index (χ3v) is 6.28. The number of nitrogens with one attached hydrogen (secondary N) is 2. The van der Waals surface area contributed by atoms with Gasteiger partial charge in [-0.05, 0) is 41.7 Å². The molecule has 2 aliphatic rings. The van der Waals surface area contributed by atoms with Gasteiger partial charge in [0.15, 0.2) is 11.5 Å². The van der Waals surface area contributed by atoms with E-state index < -0.39 is 0 Å². The lowest BCUT2D eigenvalue weighted by Crippen LogP contribution is -2.33. The van der Waals surface area contributed by atoms with Crippen molar-refractivity contribution in [2.75, 3.05) is 46.9 Å². The van der Waals surface area contributed by atoms with Crippen LogP contribution in [0.15, 0.2) is 42.5 Å². The SMILES string of the molecule is COCCNC(=O)c1cccc2c1NC(c1cc(OC)c(OC)c(OC)c1)C1CC=CC21. The Kier molecular flexibility index (Phi) is 6.55. The highest BCUT2D eigenvalue weighted by atomic mass is 16.5. The van der Waals surface area contributed by atoms with Crippen molar-refractivity contribution in [1.29, 1.82) is 0 Å². The van der Waals surface area contributed by atoms with Gasteiger partial charge in [-0.1, -0.05) is 24.3 Å². The summed E-state index contributed by atoms with van der Waals surface area (Å²) in [6.07, 6.45) is 5.42. The lowest BCUT2D eigenvalue weighted by molar-refractivity contribution is 0.0937. The van der Waals surface area contributed by atoms with Crippen LogP contribution in [0.3, 0.4) is 0 Å². The molecule has 2 N–H and O–H groups in total. The molecule has 1 aliphatic heterocycles. The first-order chi connectivity index (χ1) is 15.6. The number of amides is 1. The minimum atomic E-state index is -0.115. The molecule has 1 heterocycles. The van der Waals surface area contributed by atoms with E-state index in [4.69, 9.17) is 18.9 Å². The van der Waals surface area contributed by atoms with E-state index in [-0.39, 0.29) is 17.9 Å². The second kappa shape index (κ2) is 9.53. The van der Waals surface area contributed by atoms with Gasteiger partial charge in [0, 0.05) is 19.6 Å². The second-order valence-corrected chi connectivity index (χ2v) is 7.95. The molecule has 7 nitrogen and oxygen atoms in total. The van der Waals surface area contributed by atoms with Gasteiger partial charge in [0.1, 0.15) is 0 Å². The fourth-order valence-electron chi connectivity index (χ4n) is 4.78. The molecule has 170 valence electrons. The molecule has 0 spiro atoms. The largest absolute Gasteiger partial charge is 0.493 e. The first-order valence-corrected chi connectivity index (χ1v) is 10.8. The Bertz CT molecular complexity index is 994. The van der Waals surface area contributed by atoms with Gasteiger partial charge in [0.05, 0.1) is 45.2 Å². The molecule has 32 heavy (non-hydrogen) atoms. The van der Waals surface area contributed by atoms with E-state index in [0.717, 1.165) is 23.2 Å². The number of benzene rings is 2. The Morgan fingerprint density at radius 2 is 1.84 bits per heavy atom. The van der Waals surface area contributed by atoms with Crippen molar-refractivity contribution in [2.45, 2.75) is 18.4 Å². The van der Waals surface area contributed by atoms with E-state index in [1.165, 1.54) is 0 Å². The van der Waals surface area contributed by atoms with Gasteiger partial charge in [-0.3, -0.25) is 4.79 Å². The highest BCUT2D eigenvalue weighted by Gasteiger charge is 2.40. The van der Waals surface area contributed by atoms with Gasteiger partial charge < -0.3 is 29.6 Å². The molecule has 4 rings (SSSR count). The van der Waals surface area contributed by atoms with Crippen LogP contribution < -0.4 is 24.8 Å². The van der Waals surface area contributed by atoms with E-state index in [1.54, 1.807) is 28.4 Å². The molecule has 2 aromatic rings. The minimum absolute atomic E-state index is 0.0240. The number of fused-ring (bicyclic) bond motifs is 3. The molecule has 7 heteroatoms.